The molecule has 0 fully saturated rings. The summed E-state index contributed by atoms with van der Waals surface area (Å²) in [5.41, 5.74) is 2.55. The van der Waals surface area contributed by atoms with Crippen LogP contribution in [0, 0.1) is 0 Å². The van der Waals surface area contributed by atoms with Gasteiger partial charge < -0.3 is 0 Å². The van der Waals surface area contributed by atoms with Gasteiger partial charge in [-0.15, -0.1) is 0 Å². The zero-order valence-electron chi connectivity index (χ0n) is 9.48. The second-order valence-electron chi connectivity index (χ2n) is 3.44. The average Bonchev–Trinajstić information content (AvgIpc) is 2.32. The van der Waals surface area contributed by atoms with Crippen molar-refractivity contribution in [2.24, 2.45) is 0 Å². The van der Waals surface area contributed by atoms with Gasteiger partial charge in [0.05, 0.1) is 0 Å². The van der Waals surface area contributed by atoms with Gasteiger partial charge in [0.1, 0.15) is 0 Å². The second kappa shape index (κ2) is 7.02. The standard InChI is InChI=1S/C12H10.C2H8Si/c1-3-7-11(8-4-1)12-9-5-2-6-10-12;1-3-2/h1-10H;3H2,1-2H3. The van der Waals surface area contributed by atoms with Gasteiger partial charge in [-0.3, -0.25) is 0 Å². The number of rotatable bonds is 1. The molecular formula is C14H18Si. The monoisotopic (exact) mass is 214 g/mol. The third-order valence-electron chi connectivity index (χ3n) is 1.88. The lowest BCUT2D eigenvalue weighted by molar-refractivity contribution is 1.62. The van der Waals surface area contributed by atoms with E-state index in [1.807, 2.05) is 12.1 Å². The van der Waals surface area contributed by atoms with E-state index in [0.717, 1.165) is 0 Å². The predicted octanol–water partition coefficient (Wildman–Crippen LogP) is 3.61. The Kier molecular flexibility index (Phi) is 5.49. The van der Waals surface area contributed by atoms with Crippen molar-refractivity contribution in [2.45, 2.75) is 13.1 Å². The molecule has 0 N–H and O–H groups in total. The van der Waals surface area contributed by atoms with Crippen molar-refractivity contribution in [3.05, 3.63) is 60.7 Å². The SMILES string of the molecule is C[SiH2]C.c1ccc(-c2ccccc2)cc1. The molecule has 0 radical (unpaired) electrons. The molecule has 0 aliphatic rings. The molecular weight excluding hydrogens is 196 g/mol. The Morgan fingerprint density at radius 2 is 0.867 bits per heavy atom. The van der Waals surface area contributed by atoms with Gasteiger partial charge in [-0.2, -0.15) is 0 Å². The molecule has 2 aromatic rings. The van der Waals surface area contributed by atoms with Gasteiger partial charge in [-0.1, -0.05) is 73.8 Å². The summed E-state index contributed by atoms with van der Waals surface area (Å²) in [6.07, 6.45) is 0. The van der Waals surface area contributed by atoms with Crippen LogP contribution >= 0.6 is 0 Å². The summed E-state index contributed by atoms with van der Waals surface area (Å²) in [4.78, 5) is 0. The van der Waals surface area contributed by atoms with Crippen molar-refractivity contribution in [3.8, 4) is 11.1 Å². The van der Waals surface area contributed by atoms with Crippen LogP contribution in [0.2, 0.25) is 13.1 Å². The Hall–Kier alpha value is -1.34. The third kappa shape index (κ3) is 4.13. The first-order valence-electron chi connectivity index (χ1n) is 5.49. The van der Waals surface area contributed by atoms with Gasteiger partial charge >= 0.3 is 0 Å². The minimum Gasteiger partial charge on any atom is -0.0750 e. The largest absolute Gasteiger partial charge is 0.0750 e. The Labute approximate surface area is 94.8 Å². The molecule has 0 aliphatic carbocycles. The minimum absolute atomic E-state index is 0.417. The molecule has 0 saturated heterocycles. The normalized spacial score (nSPS) is 8.93. The van der Waals surface area contributed by atoms with E-state index in [1.54, 1.807) is 0 Å². The summed E-state index contributed by atoms with van der Waals surface area (Å²) in [6.45, 7) is 4.53. The van der Waals surface area contributed by atoms with E-state index in [9.17, 15) is 0 Å². The van der Waals surface area contributed by atoms with Gasteiger partial charge in [0.15, 0.2) is 0 Å². The van der Waals surface area contributed by atoms with Crippen LogP contribution in [0.5, 0.6) is 0 Å². The van der Waals surface area contributed by atoms with E-state index in [0.29, 0.717) is 9.52 Å². The summed E-state index contributed by atoms with van der Waals surface area (Å²) >= 11 is 0. The topological polar surface area (TPSA) is 0 Å². The third-order valence-corrected chi connectivity index (χ3v) is 1.88. The van der Waals surface area contributed by atoms with Crippen molar-refractivity contribution >= 4 is 9.52 Å². The van der Waals surface area contributed by atoms with E-state index in [1.165, 1.54) is 11.1 Å². The number of hydrogen-bond donors (Lipinski definition) is 0. The van der Waals surface area contributed by atoms with Crippen LogP contribution in [0.3, 0.4) is 0 Å². The first kappa shape index (κ1) is 11.7. The summed E-state index contributed by atoms with van der Waals surface area (Å²) in [5.74, 6) is 0. The van der Waals surface area contributed by atoms with E-state index in [-0.39, 0.29) is 0 Å². The van der Waals surface area contributed by atoms with Gasteiger partial charge in [-0.25, -0.2) is 0 Å². The summed E-state index contributed by atoms with van der Waals surface area (Å²) in [6, 6.07) is 20.8. The van der Waals surface area contributed by atoms with E-state index in [2.05, 4.69) is 61.6 Å². The van der Waals surface area contributed by atoms with Crippen LogP contribution in [-0.4, -0.2) is 9.52 Å². The summed E-state index contributed by atoms with van der Waals surface area (Å²) in [7, 11) is 0.417. The first-order chi connectivity index (χ1) is 7.38. The molecule has 0 bridgehead atoms. The van der Waals surface area contributed by atoms with E-state index in [4.69, 9.17) is 0 Å². The minimum atomic E-state index is 0.417. The molecule has 0 nitrogen and oxygen atoms in total. The zero-order valence-corrected chi connectivity index (χ0v) is 10.9. The van der Waals surface area contributed by atoms with Crippen molar-refractivity contribution in [2.75, 3.05) is 0 Å². The maximum atomic E-state index is 2.26. The first-order valence-corrected chi connectivity index (χ1v) is 8.31. The molecule has 0 spiro atoms. The maximum Gasteiger partial charge on any atom is 0.0135 e. The highest BCUT2D eigenvalue weighted by molar-refractivity contribution is 6.31. The number of hydrogen-bond acceptors (Lipinski definition) is 0. The fourth-order valence-electron chi connectivity index (χ4n) is 1.26. The smallest absolute Gasteiger partial charge is 0.0135 e. The molecule has 78 valence electrons. The van der Waals surface area contributed by atoms with Crippen LogP contribution in [0.4, 0.5) is 0 Å². The van der Waals surface area contributed by atoms with Gasteiger partial charge in [0, 0.05) is 9.52 Å². The Bertz CT molecular complexity index is 316. The van der Waals surface area contributed by atoms with Crippen molar-refractivity contribution in [3.63, 3.8) is 0 Å². The molecule has 1 heteroatoms. The lowest BCUT2D eigenvalue weighted by atomic mass is 10.1. The van der Waals surface area contributed by atoms with Crippen molar-refractivity contribution < 1.29 is 0 Å². The number of benzene rings is 2. The maximum absolute atomic E-state index is 2.26. The Morgan fingerprint density at radius 1 is 0.600 bits per heavy atom. The highest BCUT2D eigenvalue weighted by atomic mass is 28.2. The molecule has 2 rings (SSSR count). The fourth-order valence-corrected chi connectivity index (χ4v) is 1.26. The van der Waals surface area contributed by atoms with Crippen LogP contribution in [0.25, 0.3) is 11.1 Å². The molecule has 0 unspecified atom stereocenters. The van der Waals surface area contributed by atoms with E-state index >= 15 is 0 Å². The van der Waals surface area contributed by atoms with E-state index < -0.39 is 0 Å². The molecule has 0 atom stereocenters. The molecule has 0 aliphatic heterocycles. The summed E-state index contributed by atoms with van der Waals surface area (Å²) < 4.78 is 0. The Morgan fingerprint density at radius 3 is 1.13 bits per heavy atom. The predicted molar refractivity (Wildman–Crippen MR) is 72.2 cm³/mol. The molecule has 15 heavy (non-hydrogen) atoms. The highest BCUT2D eigenvalue weighted by Crippen LogP contribution is 2.17. The molecule has 2 aromatic carbocycles. The Balaban J connectivity index is 0.000000337. The lowest BCUT2D eigenvalue weighted by Gasteiger charge is -1.98. The lowest BCUT2D eigenvalue weighted by Crippen LogP contribution is -1.73. The molecule has 0 saturated carbocycles. The quantitative estimate of drug-likeness (QED) is 0.636. The average molecular weight is 214 g/mol. The fraction of sp³-hybridized carbons (Fsp3) is 0.143. The van der Waals surface area contributed by atoms with Crippen LogP contribution in [0.1, 0.15) is 0 Å². The van der Waals surface area contributed by atoms with Crippen LogP contribution < -0.4 is 0 Å². The zero-order chi connectivity index (χ0) is 10.9. The van der Waals surface area contributed by atoms with Crippen molar-refractivity contribution in [1.82, 2.24) is 0 Å². The van der Waals surface area contributed by atoms with Crippen molar-refractivity contribution in [1.29, 1.82) is 0 Å². The van der Waals surface area contributed by atoms with Gasteiger partial charge in [-0.05, 0) is 11.1 Å². The second-order valence-corrected chi connectivity index (χ2v) is 4.85. The molecule has 0 aromatic heterocycles. The molecule has 0 heterocycles. The van der Waals surface area contributed by atoms with Gasteiger partial charge in [0.2, 0.25) is 0 Å². The van der Waals surface area contributed by atoms with Crippen LogP contribution in [0.15, 0.2) is 60.7 Å². The van der Waals surface area contributed by atoms with Gasteiger partial charge in [0.25, 0.3) is 0 Å². The molecule has 0 amide bonds. The highest BCUT2D eigenvalue weighted by Gasteiger charge is 1.91. The van der Waals surface area contributed by atoms with Crippen LogP contribution in [-0.2, 0) is 0 Å². The summed E-state index contributed by atoms with van der Waals surface area (Å²) in [5, 5.41) is 0.